The zero-order chi connectivity index (χ0) is 19.6. The predicted molar refractivity (Wildman–Crippen MR) is 102 cm³/mol. The van der Waals surface area contributed by atoms with Crippen LogP contribution >= 0.6 is 0 Å². The quantitative estimate of drug-likeness (QED) is 0.680. The van der Waals surface area contributed by atoms with Crippen molar-refractivity contribution in [2.24, 2.45) is 0 Å². The van der Waals surface area contributed by atoms with Gasteiger partial charge in [0.15, 0.2) is 5.76 Å². The number of aromatic nitrogens is 3. The zero-order valence-electron chi connectivity index (χ0n) is 15.5. The van der Waals surface area contributed by atoms with E-state index in [1.807, 2.05) is 18.2 Å². The van der Waals surface area contributed by atoms with Gasteiger partial charge in [-0.15, -0.1) is 0 Å². The van der Waals surface area contributed by atoms with Crippen LogP contribution in [0.1, 0.15) is 24.3 Å². The van der Waals surface area contributed by atoms with Gasteiger partial charge in [-0.3, -0.25) is 10.1 Å². The molecule has 1 atom stereocenters. The van der Waals surface area contributed by atoms with Crippen molar-refractivity contribution in [3.8, 4) is 11.5 Å². The summed E-state index contributed by atoms with van der Waals surface area (Å²) in [7, 11) is -3.67. The van der Waals surface area contributed by atoms with Gasteiger partial charge in [0, 0.05) is 31.5 Å². The summed E-state index contributed by atoms with van der Waals surface area (Å²) < 4.78 is 39.4. The lowest BCUT2D eigenvalue weighted by atomic mass is 10.1. The van der Waals surface area contributed by atoms with Crippen LogP contribution in [-0.2, 0) is 21.4 Å². The van der Waals surface area contributed by atoms with Crippen molar-refractivity contribution in [3.63, 3.8) is 0 Å². The fourth-order valence-corrected chi connectivity index (χ4v) is 5.00. The third-order valence-electron chi connectivity index (χ3n) is 4.79. The highest BCUT2D eigenvalue weighted by Crippen LogP contribution is 2.30. The molecule has 1 fully saturated rings. The van der Waals surface area contributed by atoms with Gasteiger partial charge in [0.05, 0.1) is 18.4 Å². The molecular weight excluding hydrogens is 380 g/mol. The number of nitrogens with zero attached hydrogens (tertiary/aromatic N) is 3. The molecule has 3 aromatic heterocycles. The first-order chi connectivity index (χ1) is 13.5. The standard InChI is InChI=1S/C19H22N4O4S/c1-14-19(11-18(27-14)17-7-9-21-22-17)28(24,25)23-10-4-6-16(12-23)26-13-15-5-2-3-8-20-15/h2-3,5,7-9,11,16H,4,6,10,12-13H2,1H3,(H,21,22). The summed E-state index contributed by atoms with van der Waals surface area (Å²) in [6.07, 6.45) is 4.72. The third-order valence-corrected chi connectivity index (χ3v) is 6.76. The van der Waals surface area contributed by atoms with Gasteiger partial charge in [0.1, 0.15) is 16.3 Å². The van der Waals surface area contributed by atoms with Crippen LogP contribution in [0, 0.1) is 6.92 Å². The largest absolute Gasteiger partial charge is 0.458 e. The topological polar surface area (TPSA) is 101 Å². The van der Waals surface area contributed by atoms with E-state index in [4.69, 9.17) is 9.15 Å². The van der Waals surface area contributed by atoms with Crippen molar-refractivity contribution in [1.29, 1.82) is 0 Å². The van der Waals surface area contributed by atoms with Gasteiger partial charge >= 0.3 is 0 Å². The van der Waals surface area contributed by atoms with Gasteiger partial charge in [-0.25, -0.2) is 8.42 Å². The van der Waals surface area contributed by atoms with Crippen LogP contribution in [0.4, 0.5) is 0 Å². The lowest BCUT2D eigenvalue weighted by Gasteiger charge is -2.31. The Morgan fingerprint density at radius 1 is 1.32 bits per heavy atom. The van der Waals surface area contributed by atoms with Crippen molar-refractivity contribution in [3.05, 3.63) is 54.2 Å². The first-order valence-corrected chi connectivity index (χ1v) is 10.6. The lowest BCUT2D eigenvalue weighted by Crippen LogP contribution is -2.43. The number of hydrogen-bond acceptors (Lipinski definition) is 6. The fraction of sp³-hybridized carbons (Fsp3) is 0.368. The van der Waals surface area contributed by atoms with E-state index in [0.29, 0.717) is 36.9 Å². The number of piperidine rings is 1. The molecule has 1 N–H and O–H groups in total. The van der Waals surface area contributed by atoms with E-state index in [2.05, 4.69) is 15.2 Å². The Kier molecular flexibility index (Phi) is 5.29. The number of sulfonamides is 1. The summed E-state index contributed by atoms with van der Waals surface area (Å²) >= 11 is 0. The molecule has 0 bridgehead atoms. The number of pyridine rings is 1. The molecular formula is C19H22N4O4S. The molecule has 0 saturated carbocycles. The van der Waals surface area contributed by atoms with Gasteiger partial charge in [-0.2, -0.15) is 9.40 Å². The number of hydrogen-bond donors (Lipinski definition) is 1. The van der Waals surface area contributed by atoms with E-state index in [0.717, 1.165) is 18.5 Å². The Bertz CT molecular complexity index is 1020. The molecule has 4 heterocycles. The molecule has 1 unspecified atom stereocenters. The van der Waals surface area contributed by atoms with E-state index in [1.165, 1.54) is 4.31 Å². The molecule has 28 heavy (non-hydrogen) atoms. The Balaban J connectivity index is 1.48. The molecule has 3 aromatic rings. The van der Waals surface area contributed by atoms with Crippen LogP contribution in [0.25, 0.3) is 11.5 Å². The first kappa shape index (κ1) is 18.9. The van der Waals surface area contributed by atoms with Crippen LogP contribution in [-0.4, -0.2) is 47.1 Å². The monoisotopic (exact) mass is 402 g/mol. The molecule has 8 nitrogen and oxygen atoms in total. The van der Waals surface area contributed by atoms with Gasteiger partial charge in [0.25, 0.3) is 0 Å². The van der Waals surface area contributed by atoms with Gasteiger partial charge in [0.2, 0.25) is 10.0 Å². The average molecular weight is 402 g/mol. The van der Waals surface area contributed by atoms with Crippen LogP contribution in [0.3, 0.4) is 0 Å². The normalized spacial score (nSPS) is 18.4. The summed E-state index contributed by atoms with van der Waals surface area (Å²) in [4.78, 5) is 4.42. The van der Waals surface area contributed by atoms with E-state index < -0.39 is 10.0 Å². The number of nitrogens with one attached hydrogen (secondary N) is 1. The maximum atomic E-state index is 13.2. The number of aromatic amines is 1. The Morgan fingerprint density at radius 2 is 2.21 bits per heavy atom. The molecule has 1 aliphatic rings. The van der Waals surface area contributed by atoms with E-state index in [9.17, 15) is 8.42 Å². The molecule has 148 valence electrons. The minimum absolute atomic E-state index is 0.162. The molecule has 0 amide bonds. The van der Waals surface area contributed by atoms with Crippen molar-refractivity contribution in [1.82, 2.24) is 19.5 Å². The van der Waals surface area contributed by atoms with Crippen LogP contribution in [0.15, 0.2) is 52.0 Å². The van der Waals surface area contributed by atoms with Crippen molar-refractivity contribution < 1.29 is 17.6 Å². The fourth-order valence-electron chi connectivity index (χ4n) is 3.33. The van der Waals surface area contributed by atoms with Crippen LogP contribution in [0.5, 0.6) is 0 Å². The van der Waals surface area contributed by atoms with E-state index in [-0.39, 0.29) is 11.0 Å². The number of rotatable bonds is 6. The molecule has 0 spiro atoms. The molecule has 4 rings (SSSR count). The first-order valence-electron chi connectivity index (χ1n) is 9.16. The molecule has 1 saturated heterocycles. The molecule has 1 aliphatic heterocycles. The van der Waals surface area contributed by atoms with Crippen LogP contribution < -0.4 is 0 Å². The molecule has 9 heteroatoms. The van der Waals surface area contributed by atoms with E-state index >= 15 is 0 Å². The molecule has 0 radical (unpaired) electrons. The molecule has 0 aliphatic carbocycles. The van der Waals surface area contributed by atoms with Crippen LogP contribution in [0.2, 0.25) is 0 Å². The van der Waals surface area contributed by atoms with E-state index in [1.54, 1.807) is 31.5 Å². The highest BCUT2D eigenvalue weighted by atomic mass is 32.2. The van der Waals surface area contributed by atoms with Crippen molar-refractivity contribution in [2.75, 3.05) is 13.1 Å². The van der Waals surface area contributed by atoms with Gasteiger partial charge in [-0.05, 0) is 38.0 Å². The lowest BCUT2D eigenvalue weighted by molar-refractivity contribution is 0.00664. The number of furan rings is 1. The Hall–Kier alpha value is -2.49. The smallest absolute Gasteiger partial charge is 0.246 e. The summed E-state index contributed by atoms with van der Waals surface area (Å²) in [5, 5.41) is 6.66. The SMILES string of the molecule is Cc1oc(-c2ccn[nH]2)cc1S(=O)(=O)N1CCCC(OCc2ccccn2)C1. The van der Waals surface area contributed by atoms with Crippen molar-refractivity contribution >= 4 is 10.0 Å². The number of aryl methyl sites for hydroxylation is 1. The average Bonchev–Trinajstić information content (AvgIpc) is 3.37. The summed E-state index contributed by atoms with van der Waals surface area (Å²) in [6.45, 7) is 2.81. The minimum atomic E-state index is -3.67. The zero-order valence-corrected chi connectivity index (χ0v) is 16.4. The maximum Gasteiger partial charge on any atom is 0.246 e. The Morgan fingerprint density at radius 3 is 2.96 bits per heavy atom. The number of H-pyrrole nitrogens is 1. The highest BCUT2D eigenvalue weighted by molar-refractivity contribution is 7.89. The molecule has 0 aromatic carbocycles. The summed E-state index contributed by atoms with van der Waals surface area (Å²) in [6, 6.07) is 8.93. The summed E-state index contributed by atoms with van der Waals surface area (Å²) in [5.41, 5.74) is 1.47. The van der Waals surface area contributed by atoms with Crippen molar-refractivity contribution in [2.45, 2.75) is 37.4 Å². The maximum absolute atomic E-state index is 13.2. The predicted octanol–water partition coefficient (Wildman–Crippen LogP) is 2.74. The number of ether oxygens (including phenoxy) is 1. The van der Waals surface area contributed by atoms with Gasteiger partial charge < -0.3 is 9.15 Å². The van der Waals surface area contributed by atoms with Gasteiger partial charge in [-0.1, -0.05) is 6.07 Å². The third kappa shape index (κ3) is 3.87. The summed E-state index contributed by atoms with van der Waals surface area (Å²) in [5.74, 6) is 0.815. The highest BCUT2D eigenvalue weighted by Gasteiger charge is 2.33. The Labute approximate surface area is 163 Å². The second kappa shape index (κ2) is 7.86. The minimum Gasteiger partial charge on any atom is -0.458 e. The second-order valence-electron chi connectivity index (χ2n) is 6.76. The second-order valence-corrected chi connectivity index (χ2v) is 8.67.